The van der Waals surface area contributed by atoms with Crippen LogP contribution in [0.4, 0.5) is 0 Å². The fourth-order valence-electron chi connectivity index (χ4n) is 0.523. The van der Waals surface area contributed by atoms with E-state index in [0.29, 0.717) is 6.61 Å². The summed E-state index contributed by atoms with van der Waals surface area (Å²) in [5.74, 6) is 0. The van der Waals surface area contributed by atoms with E-state index in [9.17, 15) is 5.26 Å². The van der Waals surface area contributed by atoms with Gasteiger partial charge in [0.05, 0.1) is 6.61 Å². The number of rotatable bonds is 6. The monoisotopic (exact) mass is 147 g/mol. The van der Waals surface area contributed by atoms with Crippen molar-refractivity contribution in [2.75, 3.05) is 13.2 Å². The predicted octanol–water partition coefficient (Wildman–Crippen LogP) is 1.55. The maximum atomic E-state index is 9.71. The second kappa shape index (κ2) is 6.99. The van der Waals surface area contributed by atoms with Gasteiger partial charge >= 0.3 is 0 Å². The molecule has 0 aromatic heterocycles. The van der Waals surface area contributed by atoms with Crippen molar-refractivity contribution in [3.05, 3.63) is 0 Å². The standard InChI is InChI=1S/C7H15O3/c1-3-4-5-9-6-7(2)10-8/h7H,3-6H2,1-2H3. The fourth-order valence-corrected chi connectivity index (χ4v) is 0.523. The van der Waals surface area contributed by atoms with Gasteiger partial charge < -0.3 is 4.74 Å². The highest BCUT2D eigenvalue weighted by atomic mass is 17.1. The molecule has 0 heterocycles. The largest absolute Gasteiger partial charge is 0.379 e. The normalized spacial score (nSPS) is 13.5. The van der Waals surface area contributed by atoms with E-state index in [1.807, 2.05) is 0 Å². The van der Waals surface area contributed by atoms with E-state index in [0.717, 1.165) is 19.4 Å². The summed E-state index contributed by atoms with van der Waals surface area (Å²) in [5, 5.41) is 9.71. The molecule has 1 radical (unpaired) electrons. The van der Waals surface area contributed by atoms with Gasteiger partial charge in [-0.15, -0.1) is 0 Å². The van der Waals surface area contributed by atoms with Crippen LogP contribution in [-0.4, -0.2) is 19.3 Å². The smallest absolute Gasteiger partial charge is 0.117 e. The molecule has 0 aromatic carbocycles. The van der Waals surface area contributed by atoms with Gasteiger partial charge in [0.1, 0.15) is 6.10 Å². The Morgan fingerprint density at radius 3 is 2.70 bits per heavy atom. The quantitative estimate of drug-likeness (QED) is 0.325. The van der Waals surface area contributed by atoms with E-state index in [2.05, 4.69) is 11.8 Å². The van der Waals surface area contributed by atoms with Crippen molar-refractivity contribution in [2.45, 2.75) is 32.8 Å². The average Bonchev–Trinajstić information content (AvgIpc) is 1.98. The predicted molar refractivity (Wildman–Crippen MR) is 37.0 cm³/mol. The van der Waals surface area contributed by atoms with Gasteiger partial charge in [0.2, 0.25) is 0 Å². The van der Waals surface area contributed by atoms with Gasteiger partial charge in [0, 0.05) is 6.61 Å². The van der Waals surface area contributed by atoms with Gasteiger partial charge in [0.25, 0.3) is 0 Å². The molecule has 10 heavy (non-hydrogen) atoms. The van der Waals surface area contributed by atoms with Crippen LogP contribution in [0.5, 0.6) is 0 Å². The maximum Gasteiger partial charge on any atom is 0.117 e. The first kappa shape index (κ1) is 9.88. The molecule has 3 nitrogen and oxygen atoms in total. The summed E-state index contributed by atoms with van der Waals surface area (Å²) in [4.78, 5) is 3.76. The Kier molecular flexibility index (Phi) is 6.91. The van der Waals surface area contributed by atoms with Crippen LogP contribution in [0.25, 0.3) is 0 Å². The molecule has 0 aromatic rings. The summed E-state index contributed by atoms with van der Waals surface area (Å²) in [5.41, 5.74) is 0. The van der Waals surface area contributed by atoms with Crippen molar-refractivity contribution in [1.29, 1.82) is 0 Å². The molecular formula is C7H15O3. The van der Waals surface area contributed by atoms with Crippen LogP contribution in [0.2, 0.25) is 0 Å². The minimum atomic E-state index is -0.322. The Morgan fingerprint density at radius 2 is 2.20 bits per heavy atom. The first-order chi connectivity index (χ1) is 4.81. The molecule has 0 aliphatic rings. The van der Waals surface area contributed by atoms with Crippen molar-refractivity contribution < 1.29 is 14.9 Å². The van der Waals surface area contributed by atoms with Crippen LogP contribution in [-0.2, 0) is 14.9 Å². The summed E-state index contributed by atoms with van der Waals surface area (Å²) in [6.45, 7) is 4.92. The van der Waals surface area contributed by atoms with Crippen molar-refractivity contribution in [2.24, 2.45) is 0 Å². The van der Waals surface area contributed by atoms with E-state index in [1.165, 1.54) is 0 Å². The number of ether oxygens (including phenoxy) is 1. The second-order valence-corrected chi connectivity index (χ2v) is 2.34. The highest BCUT2D eigenvalue weighted by Crippen LogP contribution is 1.92. The second-order valence-electron chi connectivity index (χ2n) is 2.34. The summed E-state index contributed by atoms with van der Waals surface area (Å²) >= 11 is 0. The Hall–Kier alpha value is -0.120. The fraction of sp³-hybridized carbons (Fsp3) is 1.00. The highest BCUT2D eigenvalue weighted by molar-refractivity contribution is 4.42. The van der Waals surface area contributed by atoms with Gasteiger partial charge in [-0.05, 0) is 18.6 Å². The minimum absolute atomic E-state index is 0.322. The zero-order chi connectivity index (χ0) is 7.82. The zero-order valence-corrected chi connectivity index (χ0v) is 6.63. The number of hydrogen-bond acceptors (Lipinski definition) is 2. The SMILES string of the molecule is CCCCOCC(C)O[O]. The van der Waals surface area contributed by atoms with Gasteiger partial charge in [-0.25, -0.2) is 0 Å². The molecule has 3 heteroatoms. The van der Waals surface area contributed by atoms with Gasteiger partial charge in [-0.3, -0.25) is 0 Å². The van der Waals surface area contributed by atoms with E-state index in [1.54, 1.807) is 6.92 Å². The van der Waals surface area contributed by atoms with Crippen LogP contribution in [0.3, 0.4) is 0 Å². The topological polar surface area (TPSA) is 38.4 Å². The summed E-state index contributed by atoms with van der Waals surface area (Å²) < 4.78 is 5.10. The maximum absolute atomic E-state index is 9.71. The molecule has 0 rings (SSSR count). The lowest BCUT2D eigenvalue weighted by molar-refractivity contribution is -0.336. The van der Waals surface area contributed by atoms with Crippen LogP contribution in [0.15, 0.2) is 0 Å². The highest BCUT2D eigenvalue weighted by Gasteiger charge is 1.99. The molecule has 0 bridgehead atoms. The van der Waals surface area contributed by atoms with Crippen LogP contribution in [0, 0.1) is 0 Å². The Labute approximate surface area is 61.9 Å². The molecule has 1 atom stereocenters. The van der Waals surface area contributed by atoms with Gasteiger partial charge in [0.15, 0.2) is 0 Å². The third-order valence-corrected chi connectivity index (χ3v) is 1.16. The summed E-state index contributed by atoms with van der Waals surface area (Å²) in [7, 11) is 0. The van der Waals surface area contributed by atoms with E-state index < -0.39 is 0 Å². The Bertz CT molecular complexity index is 65.9. The summed E-state index contributed by atoms with van der Waals surface area (Å²) in [6, 6.07) is 0. The molecule has 0 saturated carbocycles. The van der Waals surface area contributed by atoms with Gasteiger partial charge in [-0.2, -0.15) is 4.89 Å². The van der Waals surface area contributed by atoms with Crippen molar-refractivity contribution in [3.8, 4) is 0 Å². The third-order valence-electron chi connectivity index (χ3n) is 1.16. The molecular weight excluding hydrogens is 132 g/mol. The van der Waals surface area contributed by atoms with Crippen LogP contribution in [0.1, 0.15) is 26.7 Å². The Morgan fingerprint density at radius 1 is 1.50 bits per heavy atom. The lowest BCUT2D eigenvalue weighted by Gasteiger charge is -2.05. The molecule has 0 aliphatic carbocycles. The van der Waals surface area contributed by atoms with E-state index >= 15 is 0 Å². The van der Waals surface area contributed by atoms with Crippen molar-refractivity contribution >= 4 is 0 Å². The Balaban J connectivity index is 2.89. The molecule has 0 N–H and O–H groups in total. The van der Waals surface area contributed by atoms with Gasteiger partial charge in [-0.1, -0.05) is 13.3 Å². The molecule has 0 spiro atoms. The van der Waals surface area contributed by atoms with Crippen molar-refractivity contribution in [1.82, 2.24) is 0 Å². The van der Waals surface area contributed by atoms with E-state index in [-0.39, 0.29) is 6.10 Å². The first-order valence-corrected chi connectivity index (χ1v) is 3.67. The van der Waals surface area contributed by atoms with Crippen LogP contribution >= 0.6 is 0 Å². The molecule has 1 unspecified atom stereocenters. The lowest BCUT2D eigenvalue weighted by atomic mass is 10.4. The molecule has 61 valence electrons. The minimum Gasteiger partial charge on any atom is -0.379 e. The van der Waals surface area contributed by atoms with Crippen molar-refractivity contribution in [3.63, 3.8) is 0 Å². The molecule has 0 fully saturated rings. The number of unbranched alkanes of at least 4 members (excludes halogenated alkanes) is 1. The molecule has 0 saturated heterocycles. The number of hydrogen-bond donors (Lipinski definition) is 0. The summed E-state index contributed by atoms with van der Waals surface area (Å²) in [6.07, 6.45) is 1.84. The third kappa shape index (κ3) is 6.01. The zero-order valence-electron chi connectivity index (χ0n) is 6.63. The lowest BCUT2D eigenvalue weighted by Crippen LogP contribution is -2.13. The molecule has 0 amide bonds. The molecule has 0 aliphatic heterocycles. The first-order valence-electron chi connectivity index (χ1n) is 3.67. The van der Waals surface area contributed by atoms with E-state index in [4.69, 9.17) is 4.74 Å². The average molecular weight is 147 g/mol. The van der Waals surface area contributed by atoms with Crippen LogP contribution < -0.4 is 0 Å².